The largest absolute Gasteiger partial charge is 0.226 e. The molecule has 0 saturated heterocycles. The number of hydrogen-bond acceptors (Lipinski definition) is 0. The Morgan fingerprint density at radius 1 is 0.900 bits per heavy atom. The highest BCUT2D eigenvalue weighted by molar-refractivity contribution is 6.78. The second-order valence-electron chi connectivity index (χ2n) is 4.71. The van der Waals surface area contributed by atoms with E-state index in [2.05, 4.69) is 6.07 Å². The molecule has 0 saturated carbocycles. The van der Waals surface area contributed by atoms with E-state index in [0.29, 0.717) is 6.42 Å². The highest BCUT2D eigenvalue weighted by Gasteiger charge is 2.62. The molecule has 2 rings (SSSR count). The van der Waals surface area contributed by atoms with E-state index in [1.54, 1.807) is 0 Å². The van der Waals surface area contributed by atoms with Crippen molar-refractivity contribution >= 4 is 81.2 Å². The summed E-state index contributed by atoms with van der Waals surface area (Å²) < 4.78 is -5.58. The molecule has 1 aliphatic carbocycles. The van der Waals surface area contributed by atoms with E-state index >= 15 is 0 Å². The molecule has 0 bridgehead atoms. The van der Waals surface area contributed by atoms with E-state index in [1.807, 2.05) is 24.6 Å². The lowest BCUT2D eigenvalue weighted by atomic mass is 9.81. The van der Waals surface area contributed by atoms with Crippen LogP contribution in [0.3, 0.4) is 0 Å². The predicted octanol–water partition coefficient (Wildman–Crippen LogP) is 6.52. The topological polar surface area (TPSA) is 0 Å². The Morgan fingerprint density at radius 2 is 1.50 bits per heavy atom. The maximum Gasteiger partial charge on any atom is 0.226 e. The number of benzene rings is 1. The van der Waals surface area contributed by atoms with Crippen molar-refractivity contribution in [2.75, 3.05) is 0 Å². The maximum atomic E-state index is 6.37. The lowest BCUT2D eigenvalue weighted by molar-refractivity contribution is 0.443. The van der Waals surface area contributed by atoms with Gasteiger partial charge in [0, 0.05) is 5.92 Å². The van der Waals surface area contributed by atoms with Gasteiger partial charge in [0.25, 0.3) is 0 Å². The molecule has 0 heterocycles. The molecule has 1 atom stereocenters. The second kappa shape index (κ2) is 6.04. The molecule has 0 spiro atoms. The molecule has 1 aromatic rings. The van der Waals surface area contributed by atoms with Gasteiger partial charge in [-0.3, -0.25) is 0 Å². The molecule has 20 heavy (non-hydrogen) atoms. The minimum atomic E-state index is -2.01. The first-order valence-electron chi connectivity index (χ1n) is 5.82. The lowest BCUT2D eigenvalue weighted by Gasteiger charge is -2.43. The molecule has 7 heteroatoms. The van der Waals surface area contributed by atoms with Crippen molar-refractivity contribution in [2.45, 2.75) is 25.3 Å². The quantitative estimate of drug-likeness (QED) is 0.484. The highest BCUT2D eigenvalue weighted by atomic mass is 35.6. The molecule has 1 aromatic carbocycles. The zero-order chi connectivity index (χ0) is 15.2. The van der Waals surface area contributed by atoms with E-state index in [9.17, 15) is 0 Å². The van der Waals surface area contributed by atoms with Gasteiger partial charge in [-0.05, 0) is 30.4 Å². The number of rotatable bonds is 2. The molecule has 1 aliphatic rings. The van der Waals surface area contributed by atoms with Crippen LogP contribution >= 0.6 is 81.2 Å². The molecular formula is C13H10Cl7. The number of alkyl halides is 7. The first-order valence-corrected chi connectivity index (χ1v) is 8.47. The van der Waals surface area contributed by atoms with Crippen molar-refractivity contribution in [2.24, 2.45) is 5.92 Å². The van der Waals surface area contributed by atoms with Crippen molar-refractivity contribution in [1.82, 2.24) is 0 Å². The Hall–Kier alpha value is 1.25. The zero-order valence-electron chi connectivity index (χ0n) is 10.0. The van der Waals surface area contributed by atoms with E-state index in [-0.39, 0.29) is 5.92 Å². The van der Waals surface area contributed by atoms with Gasteiger partial charge < -0.3 is 0 Å². The molecular weight excluding hydrogens is 404 g/mol. The van der Waals surface area contributed by atoms with Crippen LogP contribution in [-0.4, -0.2) is 12.5 Å². The molecule has 0 amide bonds. The molecule has 1 radical (unpaired) electrons. The van der Waals surface area contributed by atoms with Crippen LogP contribution in [0, 0.1) is 12.3 Å². The van der Waals surface area contributed by atoms with Crippen molar-refractivity contribution in [3.8, 4) is 0 Å². The second-order valence-corrected chi connectivity index (χ2v) is 9.70. The van der Waals surface area contributed by atoms with Crippen molar-refractivity contribution in [3.05, 3.63) is 41.8 Å². The number of hydrogen-bond donors (Lipinski definition) is 0. The van der Waals surface area contributed by atoms with Crippen molar-refractivity contribution in [1.29, 1.82) is 0 Å². The summed E-state index contributed by atoms with van der Waals surface area (Å²) >= 11 is 42.5. The van der Waals surface area contributed by atoms with Gasteiger partial charge in [-0.2, -0.15) is 0 Å². The Labute approximate surface area is 153 Å². The third kappa shape index (κ3) is 3.13. The summed E-state index contributed by atoms with van der Waals surface area (Å²) in [6, 6.07) is 7.95. The first-order chi connectivity index (χ1) is 9.07. The smallest absolute Gasteiger partial charge is 0.0978 e. The van der Waals surface area contributed by atoms with Gasteiger partial charge in [0.15, 0.2) is 8.67 Å². The van der Waals surface area contributed by atoms with Crippen LogP contribution in [-0.2, 0) is 6.42 Å². The summed E-state index contributed by atoms with van der Waals surface area (Å²) in [6.45, 7) is 0. The Kier molecular flexibility index (Phi) is 5.31. The summed E-state index contributed by atoms with van der Waals surface area (Å²) in [7, 11) is 0. The van der Waals surface area contributed by atoms with Gasteiger partial charge in [-0.15, -0.1) is 0 Å². The normalized spacial score (nSPS) is 20.6. The van der Waals surface area contributed by atoms with Gasteiger partial charge in [0.1, 0.15) is 0 Å². The fraction of sp³-hybridized carbons (Fsp3) is 0.462. The van der Waals surface area contributed by atoms with Crippen LogP contribution in [0.25, 0.3) is 0 Å². The van der Waals surface area contributed by atoms with E-state index in [0.717, 1.165) is 12.0 Å². The molecule has 0 fully saturated rings. The summed E-state index contributed by atoms with van der Waals surface area (Å²) in [4.78, 5) is 0. The summed E-state index contributed by atoms with van der Waals surface area (Å²) in [5.41, 5.74) is 2.26. The Balaban J connectivity index is 2.29. The minimum absolute atomic E-state index is 0.327. The van der Waals surface area contributed by atoms with E-state index in [4.69, 9.17) is 81.2 Å². The van der Waals surface area contributed by atoms with E-state index in [1.165, 1.54) is 5.56 Å². The van der Waals surface area contributed by atoms with Crippen LogP contribution in [0.5, 0.6) is 0 Å². The average molecular weight is 414 g/mol. The SMILES string of the molecule is ClC(Cl)(Cl)C(Cl)(Cl)C(Cl)(Cl)C1[CH]c2ccccc2CC1. The van der Waals surface area contributed by atoms with Crippen LogP contribution in [0.15, 0.2) is 24.3 Å². The van der Waals surface area contributed by atoms with Gasteiger partial charge >= 0.3 is 0 Å². The van der Waals surface area contributed by atoms with Gasteiger partial charge in [0.2, 0.25) is 3.79 Å². The summed E-state index contributed by atoms with van der Waals surface area (Å²) in [5, 5.41) is 0. The van der Waals surface area contributed by atoms with Crippen LogP contribution < -0.4 is 0 Å². The van der Waals surface area contributed by atoms with Crippen LogP contribution in [0.2, 0.25) is 0 Å². The van der Waals surface area contributed by atoms with Crippen molar-refractivity contribution < 1.29 is 0 Å². The number of aryl methyl sites for hydroxylation is 1. The molecule has 0 nitrogen and oxygen atoms in total. The molecule has 0 aliphatic heterocycles. The molecule has 0 aromatic heterocycles. The maximum absolute atomic E-state index is 6.37. The number of fused-ring (bicyclic) bond motifs is 1. The predicted molar refractivity (Wildman–Crippen MR) is 90.8 cm³/mol. The lowest BCUT2D eigenvalue weighted by Crippen LogP contribution is -2.52. The number of halogens is 7. The molecule has 1 unspecified atom stereocenters. The molecule has 0 N–H and O–H groups in total. The summed E-state index contributed by atoms with van der Waals surface area (Å²) in [6.07, 6.45) is 3.41. The Bertz CT molecular complexity index is 490. The third-order valence-electron chi connectivity index (χ3n) is 3.40. The van der Waals surface area contributed by atoms with Crippen LogP contribution in [0.1, 0.15) is 17.5 Å². The first kappa shape index (κ1) is 17.6. The van der Waals surface area contributed by atoms with E-state index < -0.39 is 12.5 Å². The Morgan fingerprint density at radius 3 is 2.10 bits per heavy atom. The van der Waals surface area contributed by atoms with Crippen LogP contribution in [0.4, 0.5) is 0 Å². The summed E-state index contributed by atoms with van der Waals surface area (Å²) in [5.74, 6) is -0.327. The zero-order valence-corrected chi connectivity index (χ0v) is 15.3. The fourth-order valence-electron chi connectivity index (χ4n) is 2.24. The highest BCUT2D eigenvalue weighted by Crippen LogP contribution is 2.60. The standard InChI is InChI=1S/C13H10Cl7/c14-11(15,12(16,17)13(18,19)20)10-6-5-8-3-1-2-4-9(8)7-10/h1-4,7,10H,5-6H2. The third-order valence-corrected chi connectivity index (χ3v) is 7.51. The fourth-order valence-corrected chi connectivity index (χ4v) is 3.89. The monoisotopic (exact) mass is 411 g/mol. The van der Waals surface area contributed by atoms with Gasteiger partial charge in [0.05, 0.1) is 0 Å². The van der Waals surface area contributed by atoms with Crippen molar-refractivity contribution in [3.63, 3.8) is 0 Å². The average Bonchev–Trinajstić information content (AvgIpc) is 2.36. The van der Waals surface area contributed by atoms with Gasteiger partial charge in [-0.25, -0.2) is 0 Å². The minimum Gasteiger partial charge on any atom is -0.0978 e. The van der Waals surface area contributed by atoms with Gasteiger partial charge in [-0.1, -0.05) is 105 Å². The molecule has 111 valence electrons.